The first-order valence-corrected chi connectivity index (χ1v) is 13.5. The molecule has 4 aromatic rings. The number of benzene rings is 2. The molecule has 7 nitrogen and oxygen atoms in total. The summed E-state index contributed by atoms with van der Waals surface area (Å²) < 4.78 is 7.28. The van der Waals surface area contributed by atoms with Gasteiger partial charge in [-0.25, -0.2) is 9.97 Å². The highest BCUT2D eigenvalue weighted by molar-refractivity contribution is 9.10. The summed E-state index contributed by atoms with van der Waals surface area (Å²) in [5, 5.41) is 12.3. The highest BCUT2D eigenvalue weighted by atomic mass is 79.9. The molecule has 1 N–H and O–H groups in total. The third kappa shape index (κ3) is 3.93. The second-order valence-corrected chi connectivity index (χ2v) is 11.8. The van der Waals surface area contributed by atoms with Crippen molar-refractivity contribution in [3.05, 3.63) is 78.4 Å². The number of halogens is 1. The van der Waals surface area contributed by atoms with Gasteiger partial charge in [-0.3, -0.25) is 14.5 Å². The molecule has 10 heteroatoms. The zero-order valence-corrected chi connectivity index (χ0v) is 23.4. The molecule has 0 spiro atoms. The molecule has 5 rings (SSSR count). The number of amides is 1. The highest BCUT2D eigenvalue weighted by Gasteiger charge is 2.47. The molecule has 2 aromatic carbocycles. The normalized spacial score (nSPS) is 15.9. The minimum Gasteiger partial charge on any atom is -0.503 e. The molecule has 1 aliphatic rings. The maximum absolute atomic E-state index is 13.9. The second-order valence-electron chi connectivity index (χ2n) is 8.63. The van der Waals surface area contributed by atoms with Crippen molar-refractivity contribution < 1.29 is 19.4 Å². The summed E-state index contributed by atoms with van der Waals surface area (Å²) in [6.45, 7) is 7.54. The number of carbonyl (C=O) groups is 2. The molecular weight excluding hydrogens is 562 g/mol. The lowest BCUT2D eigenvalue weighted by Gasteiger charge is -2.26. The van der Waals surface area contributed by atoms with E-state index in [1.807, 2.05) is 39.0 Å². The SMILES string of the molecule is COc1ccc(Br)cc1C1C(C(=O)c2sc(C)nc2C)=C(O)C(=O)N1c1nc2c(C)cc(C)cc2s1. The number of fused-ring (bicyclic) bond motifs is 1. The lowest BCUT2D eigenvalue weighted by Crippen LogP contribution is -2.31. The van der Waals surface area contributed by atoms with Crippen LogP contribution in [0.1, 0.15) is 43.1 Å². The maximum Gasteiger partial charge on any atom is 0.296 e. The van der Waals surface area contributed by atoms with Gasteiger partial charge >= 0.3 is 0 Å². The molecule has 0 fully saturated rings. The summed E-state index contributed by atoms with van der Waals surface area (Å²) in [4.78, 5) is 38.4. The van der Waals surface area contributed by atoms with Crippen molar-refractivity contribution in [3.8, 4) is 5.75 Å². The first kappa shape index (κ1) is 24.6. The van der Waals surface area contributed by atoms with Crippen LogP contribution in [-0.2, 0) is 4.79 Å². The van der Waals surface area contributed by atoms with Gasteiger partial charge in [-0.1, -0.05) is 33.3 Å². The standard InChI is InChI=1S/C26H22BrN3O4S2/c1-11-8-12(2)20-18(9-11)36-26(29-20)30-21(16-10-15(27)6-7-17(16)34-5)19(23(32)25(30)33)22(31)24-13(3)28-14(4)35-24/h6-10,21,32H,1-5H3. The van der Waals surface area contributed by atoms with E-state index in [1.165, 1.54) is 34.7 Å². The summed E-state index contributed by atoms with van der Waals surface area (Å²) in [6.07, 6.45) is 0. The van der Waals surface area contributed by atoms with Crippen molar-refractivity contribution in [2.45, 2.75) is 33.7 Å². The van der Waals surface area contributed by atoms with Crippen molar-refractivity contribution in [2.75, 3.05) is 12.0 Å². The number of aliphatic hydroxyl groups is 1. The monoisotopic (exact) mass is 583 g/mol. The van der Waals surface area contributed by atoms with Gasteiger partial charge in [0.2, 0.25) is 5.78 Å². The van der Waals surface area contributed by atoms with Crippen molar-refractivity contribution in [1.82, 2.24) is 9.97 Å². The zero-order chi connectivity index (χ0) is 25.9. The fourth-order valence-corrected chi connectivity index (χ4v) is 7.00. The van der Waals surface area contributed by atoms with Gasteiger partial charge in [0.25, 0.3) is 5.91 Å². The van der Waals surface area contributed by atoms with Crippen LogP contribution in [0.2, 0.25) is 0 Å². The second kappa shape index (κ2) is 9.10. The summed E-state index contributed by atoms with van der Waals surface area (Å²) in [7, 11) is 1.53. The number of hydrogen-bond donors (Lipinski definition) is 1. The fourth-order valence-electron chi connectivity index (χ4n) is 4.57. The molecule has 3 heterocycles. The van der Waals surface area contributed by atoms with E-state index in [0.29, 0.717) is 27.0 Å². The molecule has 0 bridgehead atoms. The van der Waals surface area contributed by atoms with Crippen LogP contribution in [0.3, 0.4) is 0 Å². The van der Waals surface area contributed by atoms with Crippen LogP contribution >= 0.6 is 38.6 Å². The number of rotatable bonds is 5. The average molecular weight is 585 g/mol. The predicted molar refractivity (Wildman–Crippen MR) is 146 cm³/mol. The van der Waals surface area contributed by atoms with Crippen LogP contribution in [0.15, 0.2) is 46.1 Å². The van der Waals surface area contributed by atoms with Crippen LogP contribution < -0.4 is 9.64 Å². The molecular formula is C26H22BrN3O4S2. The third-order valence-corrected chi connectivity index (χ3v) is 8.64. The Morgan fingerprint density at radius 3 is 2.53 bits per heavy atom. The molecule has 0 saturated heterocycles. The summed E-state index contributed by atoms with van der Waals surface area (Å²) in [5.74, 6) is -1.24. The van der Waals surface area contributed by atoms with Crippen molar-refractivity contribution in [3.63, 3.8) is 0 Å². The number of Topliss-reactive ketones (excluding diaryl/α,β-unsaturated/α-hetero) is 1. The minimum atomic E-state index is -0.943. The van der Waals surface area contributed by atoms with Gasteiger partial charge in [0.15, 0.2) is 10.9 Å². The van der Waals surface area contributed by atoms with E-state index in [1.54, 1.807) is 19.1 Å². The highest BCUT2D eigenvalue weighted by Crippen LogP contribution is 2.47. The largest absolute Gasteiger partial charge is 0.503 e. The van der Waals surface area contributed by atoms with Gasteiger partial charge in [0.05, 0.1) is 38.5 Å². The molecule has 0 saturated carbocycles. The number of methoxy groups -OCH3 is 1. The molecule has 2 aromatic heterocycles. The van der Waals surface area contributed by atoms with Crippen LogP contribution in [0.4, 0.5) is 5.13 Å². The Kier molecular flexibility index (Phi) is 6.22. The van der Waals surface area contributed by atoms with Crippen molar-refractivity contribution in [1.29, 1.82) is 0 Å². The number of ketones is 1. The molecule has 36 heavy (non-hydrogen) atoms. The molecule has 1 amide bonds. The number of aromatic nitrogens is 2. The van der Waals surface area contributed by atoms with E-state index >= 15 is 0 Å². The quantitative estimate of drug-likeness (QED) is 0.268. The molecule has 0 aliphatic carbocycles. The van der Waals surface area contributed by atoms with Gasteiger partial charge in [-0.05, 0) is 63.1 Å². The first-order chi connectivity index (χ1) is 17.1. The number of thiazole rings is 2. The Morgan fingerprint density at radius 2 is 1.86 bits per heavy atom. The van der Waals surface area contributed by atoms with E-state index in [0.717, 1.165) is 30.8 Å². The third-order valence-electron chi connectivity index (χ3n) is 6.07. The van der Waals surface area contributed by atoms with Crippen LogP contribution in [0.5, 0.6) is 5.75 Å². The summed E-state index contributed by atoms with van der Waals surface area (Å²) in [6, 6.07) is 8.47. The van der Waals surface area contributed by atoms with Gasteiger partial charge in [0, 0.05) is 10.0 Å². The number of hydrogen-bond acceptors (Lipinski definition) is 8. The maximum atomic E-state index is 13.9. The van der Waals surface area contributed by atoms with Crippen LogP contribution in [0, 0.1) is 27.7 Å². The Balaban J connectivity index is 1.75. The van der Waals surface area contributed by atoms with Gasteiger partial charge in [-0.2, -0.15) is 0 Å². The lowest BCUT2D eigenvalue weighted by atomic mass is 9.94. The van der Waals surface area contributed by atoms with Gasteiger partial charge in [0.1, 0.15) is 11.8 Å². The minimum absolute atomic E-state index is 0.0182. The molecule has 1 atom stereocenters. The van der Waals surface area contributed by atoms with E-state index in [-0.39, 0.29) is 5.57 Å². The number of aliphatic hydroxyl groups excluding tert-OH is 1. The number of ether oxygens (including phenoxy) is 1. The zero-order valence-electron chi connectivity index (χ0n) is 20.2. The van der Waals surface area contributed by atoms with E-state index in [2.05, 4.69) is 20.9 Å². The van der Waals surface area contributed by atoms with Crippen molar-refractivity contribution >= 4 is 65.6 Å². The average Bonchev–Trinajstić information content (AvgIpc) is 3.47. The molecule has 184 valence electrons. The van der Waals surface area contributed by atoms with E-state index in [4.69, 9.17) is 9.72 Å². The Labute approximate surface area is 224 Å². The van der Waals surface area contributed by atoms with Crippen molar-refractivity contribution in [2.24, 2.45) is 0 Å². The molecule has 1 aliphatic heterocycles. The predicted octanol–water partition coefficient (Wildman–Crippen LogP) is 6.54. The Morgan fingerprint density at radius 1 is 1.11 bits per heavy atom. The fraction of sp³-hybridized carbons (Fsp3) is 0.231. The number of anilines is 1. The smallest absolute Gasteiger partial charge is 0.296 e. The van der Waals surface area contributed by atoms with Gasteiger partial charge in [-0.15, -0.1) is 11.3 Å². The molecule has 1 unspecified atom stereocenters. The van der Waals surface area contributed by atoms with Crippen LogP contribution in [-0.4, -0.2) is 33.9 Å². The molecule has 0 radical (unpaired) electrons. The summed E-state index contributed by atoms with van der Waals surface area (Å²) >= 11 is 6.08. The van der Waals surface area contributed by atoms with E-state index < -0.39 is 23.5 Å². The summed E-state index contributed by atoms with van der Waals surface area (Å²) in [5.41, 5.74) is 3.94. The number of nitrogens with zero attached hydrogens (tertiary/aromatic N) is 3. The Bertz CT molecular complexity index is 1600. The van der Waals surface area contributed by atoms with E-state index in [9.17, 15) is 14.7 Å². The number of carbonyl (C=O) groups excluding carboxylic acids is 2. The Hall–Kier alpha value is -3.08. The first-order valence-electron chi connectivity index (χ1n) is 11.1. The topological polar surface area (TPSA) is 92.6 Å². The van der Waals surface area contributed by atoms with Gasteiger partial charge < -0.3 is 9.84 Å². The van der Waals surface area contributed by atoms with Crippen LogP contribution in [0.25, 0.3) is 10.2 Å². The number of aryl methyl sites for hydroxylation is 4. The lowest BCUT2D eigenvalue weighted by molar-refractivity contribution is -0.117.